The summed E-state index contributed by atoms with van der Waals surface area (Å²) in [5, 5.41) is 26.0. The van der Waals surface area contributed by atoms with Gasteiger partial charge in [-0.3, -0.25) is 9.59 Å². The van der Waals surface area contributed by atoms with E-state index >= 15 is 0 Å². The molecule has 0 atom stereocenters. The van der Waals surface area contributed by atoms with Crippen molar-refractivity contribution in [1.29, 1.82) is 0 Å². The van der Waals surface area contributed by atoms with Crippen molar-refractivity contribution in [2.75, 3.05) is 100 Å². The molecule has 5 saturated heterocycles. The second-order valence-corrected chi connectivity index (χ2v) is 30.3. The van der Waals surface area contributed by atoms with Gasteiger partial charge in [-0.2, -0.15) is 0 Å². The number of allylic oxidation sites excluding steroid dienone is 1. The number of aliphatic hydroxyl groups is 1. The second kappa shape index (κ2) is 43.2. The van der Waals surface area contributed by atoms with Gasteiger partial charge < -0.3 is 34.8 Å². The van der Waals surface area contributed by atoms with Crippen LogP contribution < -0.4 is 20.0 Å². The normalized spacial score (nSPS) is 14.6. The molecule has 8 aromatic heterocycles. The third kappa shape index (κ3) is 22.8. The summed E-state index contributed by atoms with van der Waals surface area (Å²) in [6.45, 7) is 18.3. The fourth-order valence-corrected chi connectivity index (χ4v) is 16.7. The smallest absolute Gasteiger partial charge is 0.246 e. The second-order valence-electron chi connectivity index (χ2n) is 24.4. The van der Waals surface area contributed by atoms with Crippen LogP contribution in [-0.4, -0.2) is 147 Å². The molecule has 12 aromatic rings. The molecule has 0 unspecified atom stereocenters. The van der Waals surface area contributed by atoms with Crippen LogP contribution in [0.25, 0.3) is 85.4 Å². The van der Waals surface area contributed by atoms with E-state index in [9.17, 15) is 9.59 Å². The quantitative estimate of drug-likeness (QED) is 0.0787. The third-order valence-corrected chi connectivity index (χ3v) is 22.6. The summed E-state index contributed by atoms with van der Waals surface area (Å²) >= 11 is 41.3. The number of carbonyl (C=O) groups is 2. The van der Waals surface area contributed by atoms with Gasteiger partial charge in [0.2, 0.25) is 11.1 Å². The number of hydrogen-bond donors (Lipinski definition) is 2. The maximum absolute atomic E-state index is 11.8. The number of thiophene rings is 4. The molecule has 13 heterocycles. The van der Waals surface area contributed by atoms with Crippen LogP contribution in [0.4, 0.5) is 17.5 Å². The number of rotatable bonds is 9. The Kier molecular flexibility index (Phi) is 33.9. The first kappa shape index (κ1) is 83.0. The van der Waals surface area contributed by atoms with E-state index in [1.165, 1.54) is 129 Å². The van der Waals surface area contributed by atoms with E-state index in [4.69, 9.17) is 79.4 Å². The Labute approximate surface area is 670 Å². The fraction of sp³-hybridized carbons (Fsp3) is 0.308. The van der Waals surface area contributed by atoms with Gasteiger partial charge in [0.25, 0.3) is 0 Å². The van der Waals surface area contributed by atoms with Crippen molar-refractivity contribution >= 4 is 197 Å². The zero-order valence-corrected chi connectivity index (χ0v) is 67.2. The highest BCUT2D eigenvalue weighted by atomic mass is 35.5. The maximum Gasteiger partial charge on any atom is 0.246 e. The van der Waals surface area contributed by atoms with Gasteiger partial charge in [0, 0.05) is 137 Å². The Morgan fingerprint density at radius 3 is 1.00 bits per heavy atom. The summed E-state index contributed by atoms with van der Waals surface area (Å²) in [5.74, 6) is 3.06. The first-order valence-corrected chi connectivity index (χ1v) is 40.4. The largest absolute Gasteiger partial charge is 0.400 e. The van der Waals surface area contributed by atoms with Crippen LogP contribution in [0.15, 0.2) is 169 Å². The average Bonchev–Trinajstić information content (AvgIpc) is 1.56. The van der Waals surface area contributed by atoms with Crippen LogP contribution in [0.5, 0.6) is 0 Å². The van der Waals surface area contributed by atoms with Crippen molar-refractivity contribution in [3.05, 3.63) is 194 Å². The Morgan fingerprint density at radius 2 is 0.717 bits per heavy atom. The zero-order valence-electron chi connectivity index (χ0n) is 58.5. The summed E-state index contributed by atoms with van der Waals surface area (Å²) in [7, 11) is 1.00. The number of benzene rings is 4. The number of piperidine rings is 3. The topological polar surface area (TPSA) is 192 Å². The van der Waals surface area contributed by atoms with Crippen molar-refractivity contribution in [2.45, 2.75) is 70.6 Å². The van der Waals surface area contributed by atoms with Gasteiger partial charge >= 0.3 is 0 Å². The molecule has 0 radical (unpaired) electrons. The SMILES string of the molecule is C1CCNCC1.C1CCOC1.C=CC(=O)Cl.C=CC(=O)N1CCN(c2ncnc3scc(-c4ccc(Cl)cc4)c23)CC1.CO.Cl.Clc1ccc(-c2csc3ncnc(Cl)c23)cc1.Clc1ccc(-c2csc3ncnc(N4CCCCC4)c23)cc1.Clc1ccc(-c2csc3ncnc(N4CCCCC4)c23)cc1. The summed E-state index contributed by atoms with van der Waals surface area (Å²) in [4.78, 5) is 69.4. The van der Waals surface area contributed by atoms with Crippen molar-refractivity contribution < 1.29 is 19.4 Å². The van der Waals surface area contributed by atoms with Crippen molar-refractivity contribution in [1.82, 2.24) is 50.1 Å². The van der Waals surface area contributed by atoms with Crippen molar-refractivity contribution in [3.8, 4) is 44.5 Å². The molecular weight excluding hydrogens is 1560 g/mol. The number of hydrogen-bond acceptors (Lipinski definition) is 20. The molecule has 556 valence electrons. The van der Waals surface area contributed by atoms with E-state index in [2.05, 4.69) is 113 Å². The summed E-state index contributed by atoms with van der Waals surface area (Å²) in [6.07, 6.45) is 23.3. The molecule has 17 nitrogen and oxygen atoms in total. The number of fused-ring (bicyclic) bond motifs is 4. The number of aromatic nitrogens is 8. The van der Waals surface area contributed by atoms with E-state index in [1.807, 2.05) is 83.1 Å². The lowest BCUT2D eigenvalue weighted by Gasteiger charge is -2.35. The minimum Gasteiger partial charge on any atom is -0.400 e. The van der Waals surface area contributed by atoms with Gasteiger partial charge in [0.05, 0.1) is 21.5 Å². The van der Waals surface area contributed by atoms with Gasteiger partial charge in [-0.1, -0.05) is 126 Å². The number of carbonyl (C=O) groups excluding carboxylic acids is 2. The molecule has 4 aromatic carbocycles. The molecule has 1 amide bonds. The number of anilines is 3. The first-order chi connectivity index (χ1) is 51.3. The van der Waals surface area contributed by atoms with Gasteiger partial charge in [-0.05, 0) is 172 Å². The Hall–Kier alpha value is -7.03. The molecule has 0 bridgehead atoms. The van der Waals surface area contributed by atoms with Crippen LogP contribution in [0.3, 0.4) is 0 Å². The van der Waals surface area contributed by atoms with E-state index in [1.54, 1.807) is 64.3 Å². The Morgan fingerprint density at radius 1 is 0.415 bits per heavy atom. The van der Waals surface area contributed by atoms with Crippen molar-refractivity contribution in [2.24, 2.45) is 0 Å². The highest BCUT2D eigenvalue weighted by molar-refractivity contribution is 7.18. The monoisotopic (exact) mass is 1640 g/mol. The molecule has 0 spiro atoms. The number of ether oxygens (including phenoxy) is 1. The number of aliphatic hydroxyl groups excluding tert-OH is 1. The van der Waals surface area contributed by atoms with Crippen LogP contribution in [-0.2, 0) is 14.3 Å². The lowest BCUT2D eigenvalue weighted by atomic mass is 10.1. The van der Waals surface area contributed by atoms with E-state index < -0.39 is 5.24 Å². The van der Waals surface area contributed by atoms with Crippen LogP contribution in [0.1, 0.15) is 70.6 Å². The molecule has 28 heteroatoms. The minimum absolute atomic E-state index is 0. The van der Waals surface area contributed by atoms with E-state index in [-0.39, 0.29) is 18.3 Å². The molecular formula is C78H82Cl7N13O4S4. The standard InChI is InChI=1S/C19H17ClN4OS.2C17H16ClN3S.C12H6Cl2N2S.C5H11N.C4H8O.C3H3ClO.CH4O.ClH/c1-2-16(25)23-7-9-24(10-8-23)18-17-15(11-26-19(17)22-12-21-18)13-3-5-14(20)6-4-13;2*18-13-6-4-12(5-7-13)14-10-22-17-15(14)16(19-11-20-17)21-8-2-1-3-9-21;13-8-3-1-7(2-4-8)9-5-17-12-10(9)11(14)15-6-16-12;1-2-4-6-5-3-1;1-2-4-5-3-1;1-2-3(4)5;1-2;/h2-6,11-12H,1,7-10H2;2*4-7,10-11H,1-3,8-9H2;1-6H;6H,1-5H2;1-4H2;2H,1H2;2H,1H3;1H. The third-order valence-electron chi connectivity index (χ3n) is 17.6. The number of piperazine rings is 1. The molecule has 106 heavy (non-hydrogen) atoms. The molecule has 0 aliphatic carbocycles. The Bertz CT molecular complexity index is 4580. The lowest BCUT2D eigenvalue weighted by molar-refractivity contribution is -0.126. The van der Waals surface area contributed by atoms with Crippen molar-refractivity contribution in [3.63, 3.8) is 0 Å². The van der Waals surface area contributed by atoms with Gasteiger partial charge in [0.1, 0.15) is 67.2 Å². The predicted molar refractivity (Wildman–Crippen MR) is 451 cm³/mol. The molecule has 5 aliphatic heterocycles. The molecule has 5 aliphatic rings. The summed E-state index contributed by atoms with van der Waals surface area (Å²) in [6, 6.07) is 31.5. The van der Waals surface area contributed by atoms with Gasteiger partial charge in [-0.15, -0.1) is 57.8 Å². The zero-order chi connectivity index (χ0) is 73.9. The first-order valence-electron chi connectivity index (χ1n) is 34.6. The summed E-state index contributed by atoms with van der Waals surface area (Å²) in [5.41, 5.74) is 9.08. The number of amides is 1. The summed E-state index contributed by atoms with van der Waals surface area (Å²) < 4.78 is 4.94. The van der Waals surface area contributed by atoms with Gasteiger partial charge in [0.15, 0.2) is 0 Å². The van der Waals surface area contributed by atoms with Crippen LogP contribution >= 0.6 is 127 Å². The fourth-order valence-electron chi connectivity index (χ4n) is 12.3. The molecule has 2 N–H and O–H groups in total. The number of halogens is 7. The number of nitrogens with zero attached hydrogens (tertiary/aromatic N) is 12. The molecule has 0 saturated carbocycles. The van der Waals surface area contributed by atoms with Crippen LogP contribution in [0.2, 0.25) is 25.2 Å². The Balaban J connectivity index is 0.000000152. The number of nitrogens with one attached hydrogen (secondary N) is 1. The average molecular weight is 1640 g/mol. The maximum atomic E-state index is 11.8. The van der Waals surface area contributed by atoms with E-state index in [0.29, 0.717) is 23.3 Å². The highest BCUT2D eigenvalue weighted by Crippen LogP contribution is 2.43. The highest BCUT2D eigenvalue weighted by Gasteiger charge is 2.26. The van der Waals surface area contributed by atoms with Gasteiger partial charge in [-0.25, -0.2) is 39.9 Å². The molecule has 17 rings (SSSR count). The minimum atomic E-state index is -0.509. The van der Waals surface area contributed by atoms with E-state index in [0.717, 1.165) is 151 Å². The lowest BCUT2D eigenvalue weighted by Crippen LogP contribution is -2.48. The molecule has 5 fully saturated rings. The predicted octanol–water partition coefficient (Wildman–Crippen LogP) is 21.0. The van der Waals surface area contributed by atoms with Crippen LogP contribution in [0, 0.1) is 0 Å².